The maximum absolute atomic E-state index is 13.1. The van der Waals surface area contributed by atoms with Crippen LogP contribution in [0.15, 0.2) is 71.6 Å². The molecule has 1 fully saturated rings. The number of thiocarbonyl (C=S) groups is 1. The molecule has 1 heterocycles. The van der Waals surface area contributed by atoms with E-state index in [0.717, 1.165) is 28.1 Å². The molecule has 1 aliphatic heterocycles. The van der Waals surface area contributed by atoms with Gasteiger partial charge in [-0.05, 0) is 61.7 Å². The van der Waals surface area contributed by atoms with Crippen molar-refractivity contribution < 1.29 is 9.53 Å². The fourth-order valence-corrected chi connectivity index (χ4v) is 4.56. The van der Waals surface area contributed by atoms with Crippen LogP contribution in [0.1, 0.15) is 27.8 Å². The first kappa shape index (κ1) is 21.3. The van der Waals surface area contributed by atoms with Gasteiger partial charge in [0.25, 0.3) is 5.91 Å². The van der Waals surface area contributed by atoms with Gasteiger partial charge in [-0.15, -0.1) is 0 Å². The Morgan fingerprint density at radius 3 is 2.45 bits per heavy atom. The quantitative estimate of drug-likeness (QED) is 0.327. The number of rotatable bonds is 5. The summed E-state index contributed by atoms with van der Waals surface area (Å²) in [5.41, 5.74) is 6.29. The van der Waals surface area contributed by atoms with Crippen molar-refractivity contribution >= 4 is 46.0 Å². The molecular weight excluding hydrogens is 422 g/mol. The van der Waals surface area contributed by atoms with E-state index in [1.807, 2.05) is 55.5 Å². The summed E-state index contributed by atoms with van der Waals surface area (Å²) in [5, 5.41) is 0. The number of carbonyl (C=O) groups excluding carboxylic acids is 1. The highest BCUT2D eigenvalue weighted by Crippen LogP contribution is 2.37. The monoisotopic (exact) mass is 445 g/mol. The van der Waals surface area contributed by atoms with Crippen LogP contribution >= 0.6 is 24.0 Å². The lowest BCUT2D eigenvalue weighted by molar-refractivity contribution is -0.113. The first-order valence-corrected chi connectivity index (χ1v) is 11.3. The van der Waals surface area contributed by atoms with Crippen molar-refractivity contribution in [3.05, 3.63) is 99.5 Å². The second-order valence-corrected chi connectivity index (χ2v) is 9.27. The number of ether oxygens (including phenoxy) is 1. The summed E-state index contributed by atoms with van der Waals surface area (Å²) in [6, 6.07) is 22.0. The largest absolute Gasteiger partial charge is 0.488 e. The normalized spacial score (nSPS) is 15.1. The molecule has 1 amide bonds. The van der Waals surface area contributed by atoms with E-state index in [-0.39, 0.29) is 5.91 Å². The van der Waals surface area contributed by atoms with Crippen molar-refractivity contribution in [3.8, 4) is 5.75 Å². The molecule has 0 saturated carbocycles. The minimum absolute atomic E-state index is 0.105. The van der Waals surface area contributed by atoms with Gasteiger partial charge in [-0.3, -0.25) is 9.69 Å². The van der Waals surface area contributed by atoms with Crippen LogP contribution in [0.25, 0.3) is 6.08 Å². The highest BCUT2D eigenvalue weighted by Gasteiger charge is 2.33. The van der Waals surface area contributed by atoms with Gasteiger partial charge in [-0.1, -0.05) is 78.1 Å². The Balaban J connectivity index is 1.57. The molecule has 31 heavy (non-hydrogen) atoms. The number of hydrogen-bond donors (Lipinski definition) is 0. The maximum atomic E-state index is 13.1. The fraction of sp³-hybridized carbons (Fsp3) is 0.154. The Morgan fingerprint density at radius 2 is 1.71 bits per heavy atom. The Bertz CT molecular complexity index is 1180. The Kier molecular flexibility index (Phi) is 6.25. The SMILES string of the molecule is Cc1ccc(COc2ccccc2/C=C2\SC(=S)N(c3ccc(C)c(C)c3)C2=O)cc1. The molecule has 0 unspecified atom stereocenters. The fourth-order valence-electron chi connectivity index (χ4n) is 3.27. The van der Waals surface area contributed by atoms with E-state index >= 15 is 0 Å². The number of para-hydroxylation sites is 1. The molecule has 4 rings (SSSR count). The van der Waals surface area contributed by atoms with Crippen molar-refractivity contribution in [2.75, 3.05) is 4.90 Å². The van der Waals surface area contributed by atoms with Crippen LogP contribution in [0.4, 0.5) is 5.69 Å². The van der Waals surface area contributed by atoms with Gasteiger partial charge < -0.3 is 4.74 Å². The zero-order valence-electron chi connectivity index (χ0n) is 17.7. The van der Waals surface area contributed by atoms with E-state index in [4.69, 9.17) is 17.0 Å². The summed E-state index contributed by atoms with van der Waals surface area (Å²) >= 11 is 6.84. The van der Waals surface area contributed by atoms with Gasteiger partial charge in [0.15, 0.2) is 4.32 Å². The molecule has 0 atom stereocenters. The molecule has 0 N–H and O–H groups in total. The Labute approximate surface area is 192 Å². The number of carbonyl (C=O) groups is 1. The standard InChI is InChI=1S/C26H23NO2S2/c1-17-8-11-20(12-9-17)16-29-23-7-5-4-6-21(23)15-24-25(28)27(26(30)31-24)22-13-10-18(2)19(3)14-22/h4-15H,16H2,1-3H3/b24-15-. The van der Waals surface area contributed by atoms with E-state index in [2.05, 4.69) is 38.1 Å². The van der Waals surface area contributed by atoms with Crippen LogP contribution in [0.5, 0.6) is 5.75 Å². The predicted octanol–water partition coefficient (Wildman–Crippen LogP) is 6.60. The van der Waals surface area contributed by atoms with E-state index < -0.39 is 0 Å². The number of aryl methyl sites for hydroxylation is 3. The lowest BCUT2D eigenvalue weighted by Gasteiger charge is -2.16. The van der Waals surface area contributed by atoms with Crippen LogP contribution in [-0.4, -0.2) is 10.2 Å². The van der Waals surface area contributed by atoms with Gasteiger partial charge in [0.05, 0.1) is 10.6 Å². The molecule has 3 aromatic carbocycles. The molecule has 5 heteroatoms. The molecule has 1 saturated heterocycles. The lowest BCUT2D eigenvalue weighted by atomic mass is 10.1. The second kappa shape index (κ2) is 9.08. The minimum Gasteiger partial charge on any atom is -0.488 e. The molecule has 1 aliphatic rings. The first-order chi connectivity index (χ1) is 14.9. The molecule has 0 bridgehead atoms. The van der Waals surface area contributed by atoms with E-state index in [9.17, 15) is 4.79 Å². The van der Waals surface area contributed by atoms with E-state index in [0.29, 0.717) is 15.8 Å². The summed E-state index contributed by atoms with van der Waals surface area (Å²) in [6.07, 6.45) is 1.87. The van der Waals surface area contributed by atoms with Crippen LogP contribution in [0.3, 0.4) is 0 Å². The Morgan fingerprint density at radius 1 is 0.968 bits per heavy atom. The van der Waals surface area contributed by atoms with Gasteiger partial charge in [0.1, 0.15) is 12.4 Å². The first-order valence-electron chi connectivity index (χ1n) is 10.0. The Hall–Kier alpha value is -2.89. The molecule has 0 aliphatic carbocycles. The van der Waals surface area contributed by atoms with E-state index in [1.54, 1.807) is 4.90 Å². The topological polar surface area (TPSA) is 29.5 Å². The summed E-state index contributed by atoms with van der Waals surface area (Å²) in [7, 11) is 0. The van der Waals surface area contributed by atoms with Crippen LogP contribution < -0.4 is 9.64 Å². The minimum atomic E-state index is -0.105. The maximum Gasteiger partial charge on any atom is 0.270 e. The highest BCUT2D eigenvalue weighted by atomic mass is 32.2. The summed E-state index contributed by atoms with van der Waals surface area (Å²) in [5.74, 6) is 0.631. The average Bonchev–Trinajstić information content (AvgIpc) is 3.03. The van der Waals surface area contributed by atoms with Gasteiger partial charge >= 0.3 is 0 Å². The average molecular weight is 446 g/mol. The molecule has 3 aromatic rings. The van der Waals surface area contributed by atoms with Crippen molar-refractivity contribution in [1.82, 2.24) is 0 Å². The van der Waals surface area contributed by atoms with Gasteiger partial charge in [-0.25, -0.2) is 0 Å². The van der Waals surface area contributed by atoms with Gasteiger partial charge in [0, 0.05) is 5.56 Å². The third-order valence-corrected chi connectivity index (χ3v) is 6.57. The summed E-state index contributed by atoms with van der Waals surface area (Å²) in [4.78, 5) is 15.3. The second-order valence-electron chi connectivity index (χ2n) is 7.60. The molecule has 0 spiro atoms. The van der Waals surface area contributed by atoms with Crippen molar-refractivity contribution in [2.24, 2.45) is 0 Å². The summed E-state index contributed by atoms with van der Waals surface area (Å²) < 4.78 is 6.60. The third kappa shape index (κ3) is 4.73. The van der Waals surface area contributed by atoms with E-state index in [1.165, 1.54) is 22.9 Å². The number of benzene rings is 3. The van der Waals surface area contributed by atoms with Crippen molar-refractivity contribution in [3.63, 3.8) is 0 Å². The van der Waals surface area contributed by atoms with Crippen molar-refractivity contribution in [1.29, 1.82) is 0 Å². The number of nitrogens with zero attached hydrogens (tertiary/aromatic N) is 1. The van der Waals surface area contributed by atoms with Gasteiger partial charge in [0.2, 0.25) is 0 Å². The predicted molar refractivity (Wildman–Crippen MR) is 134 cm³/mol. The highest BCUT2D eigenvalue weighted by molar-refractivity contribution is 8.27. The lowest BCUT2D eigenvalue weighted by Crippen LogP contribution is -2.27. The molecule has 3 nitrogen and oxygen atoms in total. The molecular formula is C26H23NO2S2. The number of amides is 1. The van der Waals surface area contributed by atoms with Gasteiger partial charge in [-0.2, -0.15) is 0 Å². The smallest absolute Gasteiger partial charge is 0.270 e. The van der Waals surface area contributed by atoms with Crippen LogP contribution in [-0.2, 0) is 11.4 Å². The third-order valence-electron chi connectivity index (χ3n) is 5.26. The number of hydrogen-bond acceptors (Lipinski definition) is 4. The number of anilines is 1. The van der Waals surface area contributed by atoms with Crippen LogP contribution in [0.2, 0.25) is 0 Å². The zero-order chi connectivity index (χ0) is 22.0. The molecule has 0 aromatic heterocycles. The number of thioether (sulfide) groups is 1. The molecule has 156 valence electrons. The zero-order valence-corrected chi connectivity index (χ0v) is 19.3. The summed E-state index contributed by atoms with van der Waals surface area (Å²) in [6.45, 7) is 6.62. The van der Waals surface area contributed by atoms with Crippen molar-refractivity contribution in [2.45, 2.75) is 27.4 Å². The van der Waals surface area contributed by atoms with Crippen LogP contribution in [0, 0.1) is 20.8 Å². The molecule has 0 radical (unpaired) electrons.